The van der Waals surface area contributed by atoms with E-state index >= 15 is 0 Å². The highest BCUT2D eigenvalue weighted by Crippen LogP contribution is 2.27. The minimum atomic E-state index is -0.202. The largest absolute Gasteiger partial charge is 0.494 e. The van der Waals surface area contributed by atoms with Crippen molar-refractivity contribution in [1.82, 2.24) is 4.98 Å². The molecular weight excluding hydrogens is 444 g/mol. The topological polar surface area (TPSA) is 64.4 Å². The normalized spacial score (nSPS) is 10.9. The Balaban J connectivity index is 1.50. The zero-order valence-corrected chi connectivity index (χ0v) is 18.1. The Labute approximate surface area is 183 Å². The third-order valence-corrected chi connectivity index (χ3v) is 5.13. The number of ether oxygens (including phenoxy) is 1. The van der Waals surface area contributed by atoms with Crippen LogP contribution in [0.3, 0.4) is 0 Å². The monoisotopic (exact) mass is 464 g/mol. The average molecular weight is 465 g/mol. The smallest absolute Gasteiger partial charge is 0.255 e. The van der Waals surface area contributed by atoms with Crippen LogP contribution in [-0.4, -0.2) is 17.5 Å². The third kappa shape index (κ3) is 4.71. The molecule has 4 rings (SSSR count). The fraction of sp³-hybridized carbons (Fsp3) is 0.167. The van der Waals surface area contributed by atoms with Crippen LogP contribution in [0, 0.1) is 0 Å². The number of oxazole rings is 1. The molecule has 0 fully saturated rings. The summed E-state index contributed by atoms with van der Waals surface area (Å²) in [4.78, 5) is 17.2. The number of halogens is 1. The van der Waals surface area contributed by atoms with E-state index in [-0.39, 0.29) is 5.91 Å². The first-order valence-corrected chi connectivity index (χ1v) is 10.6. The summed E-state index contributed by atoms with van der Waals surface area (Å²) in [7, 11) is 0. The molecule has 1 N–H and O–H groups in total. The van der Waals surface area contributed by atoms with E-state index in [0.717, 1.165) is 22.9 Å². The molecular formula is C24H21BrN2O3. The maximum atomic E-state index is 12.7. The molecule has 30 heavy (non-hydrogen) atoms. The highest BCUT2D eigenvalue weighted by Gasteiger charge is 2.11. The average Bonchev–Trinajstić information content (AvgIpc) is 3.18. The third-order valence-electron chi connectivity index (χ3n) is 4.60. The lowest BCUT2D eigenvalue weighted by Gasteiger charge is -2.08. The molecule has 4 aromatic rings. The molecule has 3 aromatic carbocycles. The fourth-order valence-electron chi connectivity index (χ4n) is 2.99. The second kappa shape index (κ2) is 9.13. The Morgan fingerprint density at radius 1 is 1.10 bits per heavy atom. The summed E-state index contributed by atoms with van der Waals surface area (Å²) in [6.07, 6.45) is 2.05. The Morgan fingerprint density at radius 3 is 2.73 bits per heavy atom. The molecule has 0 radical (unpaired) electrons. The van der Waals surface area contributed by atoms with Gasteiger partial charge in [-0.1, -0.05) is 35.3 Å². The predicted molar refractivity (Wildman–Crippen MR) is 122 cm³/mol. The van der Waals surface area contributed by atoms with Crippen LogP contribution in [0.1, 0.15) is 30.1 Å². The van der Waals surface area contributed by atoms with Crippen molar-refractivity contribution in [3.8, 4) is 17.2 Å². The summed E-state index contributed by atoms with van der Waals surface area (Å²) in [6.45, 7) is 2.76. The van der Waals surface area contributed by atoms with E-state index in [1.807, 2.05) is 42.5 Å². The number of carbonyl (C=O) groups is 1. The van der Waals surface area contributed by atoms with Gasteiger partial charge < -0.3 is 14.5 Å². The first-order valence-electron chi connectivity index (χ1n) is 9.83. The van der Waals surface area contributed by atoms with Gasteiger partial charge in [-0.05, 0) is 67.1 Å². The van der Waals surface area contributed by atoms with E-state index in [2.05, 4.69) is 33.2 Å². The fourth-order valence-corrected chi connectivity index (χ4v) is 3.25. The molecule has 0 aliphatic rings. The van der Waals surface area contributed by atoms with Crippen molar-refractivity contribution in [2.75, 3.05) is 11.9 Å². The second-order valence-electron chi connectivity index (χ2n) is 6.89. The molecule has 0 spiro atoms. The molecule has 1 aromatic heterocycles. The number of amides is 1. The van der Waals surface area contributed by atoms with E-state index in [0.29, 0.717) is 40.6 Å². The van der Waals surface area contributed by atoms with Gasteiger partial charge in [0.05, 0.1) is 6.61 Å². The van der Waals surface area contributed by atoms with Gasteiger partial charge in [0.25, 0.3) is 5.91 Å². The summed E-state index contributed by atoms with van der Waals surface area (Å²) < 4.78 is 12.5. The van der Waals surface area contributed by atoms with Crippen LogP contribution < -0.4 is 10.1 Å². The molecule has 152 valence electrons. The predicted octanol–water partition coefficient (Wildman–Crippen LogP) is 6.69. The summed E-state index contributed by atoms with van der Waals surface area (Å²) in [5.74, 6) is 1.03. The molecule has 5 nitrogen and oxygen atoms in total. The minimum Gasteiger partial charge on any atom is -0.494 e. The molecule has 0 aliphatic heterocycles. The molecule has 0 saturated heterocycles. The van der Waals surface area contributed by atoms with Crippen molar-refractivity contribution in [3.63, 3.8) is 0 Å². The van der Waals surface area contributed by atoms with E-state index < -0.39 is 0 Å². The molecule has 1 amide bonds. The summed E-state index contributed by atoms with van der Waals surface area (Å²) in [5, 5.41) is 2.92. The van der Waals surface area contributed by atoms with Crippen molar-refractivity contribution in [1.29, 1.82) is 0 Å². The van der Waals surface area contributed by atoms with Crippen molar-refractivity contribution < 1.29 is 13.9 Å². The van der Waals surface area contributed by atoms with Gasteiger partial charge in [-0.25, -0.2) is 4.98 Å². The number of carbonyl (C=O) groups excluding carboxylic acids is 1. The quantitative estimate of drug-likeness (QED) is 0.309. The lowest BCUT2D eigenvalue weighted by molar-refractivity contribution is 0.102. The highest BCUT2D eigenvalue weighted by atomic mass is 79.9. The second-order valence-corrected chi connectivity index (χ2v) is 7.81. The van der Waals surface area contributed by atoms with Gasteiger partial charge in [0.1, 0.15) is 11.3 Å². The van der Waals surface area contributed by atoms with Gasteiger partial charge in [-0.15, -0.1) is 0 Å². The van der Waals surface area contributed by atoms with Crippen LogP contribution in [0.15, 0.2) is 75.6 Å². The van der Waals surface area contributed by atoms with E-state index in [4.69, 9.17) is 9.15 Å². The number of aromatic nitrogens is 1. The maximum absolute atomic E-state index is 12.7. The van der Waals surface area contributed by atoms with Crippen molar-refractivity contribution in [2.24, 2.45) is 0 Å². The molecule has 0 bridgehead atoms. The number of anilines is 1. The molecule has 0 unspecified atom stereocenters. The molecule has 0 atom stereocenters. The minimum absolute atomic E-state index is 0.202. The number of nitrogens with one attached hydrogen (secondary N) is 1. The Kier molecular flexibility index (Phi) is 6.14. The zero-order chi connectivity index (χ0) is 20.9. The van der Waals surface area contributed by atoms with E-state index in [1.54, 1.807) is 24.3 Å². The molecule has 1 heterocycles. The Morgan fingerprint density at radius 2 is 1.93 bits per heavy atom. The Hall–Kier alpha value is -3.12. The van der Waals surface area contributed by atoms with Gasteiger partial charge in [0.15, 0.2) is 5.58 Å². The maximum Gasteiger partial charge on any atom is 0.255 e. The summed E-state index contributed by atoms with van der Waals surface area (Å²) >= 11 is 3.43. The number of rotatable bonds is 7. The van der Waals surface area contributed by atoms with E-state index in [1.165, 1.54) is 0 Å². The van der Waals surface area contributed by atoms with Crippen LogP contribution in [0.2, 0.25) is 0 Å². The number of benzene rings is 3. The van der Waals surface area contributed by atoms with Crippen LogP contribution in [0.5, 0.6) is 5.75 Å². The summed E-state index contributed by atoms with van der Waals surface area (Å²) in [5.41, 5.74) is 3.43. The number of fused-ring (bicyclic) bond motifs is 1. The zero-order valence-electron chi connectivity index (χ0n) is 16.5. The lowest BCUT2D eigenvalue weighted by atomic mass is 10.2. The number of hydrogen-bond donors (Lipinski definition) is 1. The van der Waals surface area contributed by atoms with Gasteiger partial charge in [-0.3, -0.25) is 4.79 Å². The van der Waals surface area contributed by atoms with Gasteiger partial charge >= 0.3 is 0 Å². The van der Waals surface area contributed by atoms with Crippen LogP contribution >= 0.6 is 15.9 Å². The Bertz CT molecular complexity index is 1170. The molecule has 0 aliphatic carbocycles. The van der Waals surface area contributed by atoms with Gasteiger partial charge in [0.2, 0.25) is 5.89 Å². The van der Waals surface area contributed by atoms with Crippen molar-refractivity contribution in [3.05, 3.63) is 76.8 Å². The van der Waals surface area contributed by atoms with Crippen LogP contribution in [0.4, 0.5) is 5.69 Å². The van der Waals surface area contributed by atoms with Crippen LogP contribution in [-0.2, 0) is 0 Å². The molecule has 0 saturated carbocycles. The summed E-state index contributed by atoms with van der Waals surface area (Å²) in [6, 6.07) is 20.4. The van der Waals surface area contributed by atoms with Gasteiger partial charge in [0, 0.05) is 21.3 Å². The SMILES string of the molecule is CCCCOc1cccc(C(=O)Nc2ccc3oc(-c4ccc(Br)cc4)nc3c2)c1. The first-order chi connectivity index (χ1) is 14.6. The van der Waals surface area contributed by atoms with Crippen LogP contribution in [0.25, 0.3) is 22.6 Å². The lowest BCUT2D eigenvalue weighted by Crippen LogP contribution is -2.12. The van der Waals surface area contributed by atoms with Crippen molar-refractivity contribution in [2.45, 2.75) is 19.8 Å². The number of nitrogens with zero attached hydrogens (tertiary/aromatic N) is 1. The highest BCUT2D eigenvalue weighted by molar-refractivity contribution is 9.10. The number of hydrogen-bond acceptors (Lipinski definition) is 4. The van der Waals surface area contributed by atoms with Crippen molar-refractivity contribution >= 4 is 38.6 Å². The van der Waals surface area contributed by atoms with Gasteiger partial charge in [-0.2, -0.15) is 0 Å². The molecule has 6 heteroatoms. The first kappa shape index (κ1) is 20.2. The van der Waals surface area contributed by atoms with E-state index in [9.17, 15) is 4.79 Å². The standard InChI is InChI=1S/C24H21BrN2O3/c1-2-3-13-29-20-6-4-5-17(14-20)23(28)26-19-11-12-22-21(15-19)27-24(30-22)16-7-9-18(25)10-8-16/h4-12,14-15H,2-3,13H2,1H3,(H,26,28). The number of unbranched alkanes of at least 4 members (excludes halogenated alkanes) is 1.